The summed E-state index contributed by atoms with van der Waals surface area (Å²) in [5.74, 6) is -1.91. The van der Waals surface area contributed by atoms with Crippen molar-refractivity contribution in [3.05, 3.63) is 53.1 Å². The van der Waals surface area contributed by atoms with E-state index in [2.05, 4.69) is 22.1 Å². The molecular weight excluding hydrogens is 523 g/mol. The number of nitrogens with zero attached hydrogens (tertiary/aromatic N) is 2. The molecular formula is C28H35FN4O5S. The largest absolute Gasteiger partial charge is 0.493 e. The summed E-state index contributed by atoms with van der Waals surface area (Å²) in [7, 11) is -3.88. The Hall–Kier alpha value is -3.21. The monoisotopic (exact) mass is 558 g/mol. The second-order valence-corrected chi connectivity index (χ2v) is 12.9. The van der Waals surface area contributed by atoms with Gasteiger partial charge in [0.25, 0.3) is 11.8 Å². The highest BCUT2D eigenvalue weighted by Gasteiger charge is 2.44. The van der Waals surface area contributed by atoms with Crippen LogP contribution in [0.5, 0.6) is 5.75 Å². The standard InChI is InChI=1S/C28H35FN4O5S/c1-3-4-5-6-15-38-19-9-12-22(23(29)16-19)28(2)17-21(24-13-14-33(31-24)18-7-8-18)25(26(34)30-28)27(35)32-39(36,37)20-10-11-20/h9,12-14,16,18,20H,3-8,10-11,15,17H2,1-2H3,(H,30,34)(H,32,35). The molecule has 3 aliphatic rings. The number of hydrogen-bond donors (Lipinski definition) is 2. The van der Waals surface area contributed by atoms with E-state index in [-0.39, 0.29) is 29.2 Å². The number of ether oxygens (including phenoxy) is 1. The first kappa shape index (κ1) is 27.4. The van der Waals surface area contributed by atoms with Gasteiger partial charge in [0.05, 0.1) is 29.1 Å². The minimum atomic E-state index is -3.88. The summed E-state index contributed by atoms with van der Waals surface area (Å²) in [4.78, 5) is 26.6. The van der Waals surface area contributed by atoms with Crippen LogP contribution in [-0.4, -0.2) is 41.9 Å². The molecule has 0 spiro atoms. The van der Waals surface area contributed by atoms with Crippen molar-refractivity contribution in [3.63, 3.8) is 0 Å². The molecule has 2 aromatic rings. The van der Waals surface area contributed by atoms with Gasteiger partial charge in [-0.1, -0.05) is 32.3 Å². The molecule has 0 bridgehead atoms. The van der Waals surface area contributed by atoms with Crippen LogP contribution < -0.4 is 14.8 Å². The Morgan fingerprint density at radius 2 is 1.97 bits per heavy atom. The molecule has 2 amide bonds. The lowest BCUT2D eigenvalue weighted by Crippen LogP contribution is -2.51. The van der Waals surface area contributed by atoms with E-state index >= 15 is 4.39 Å². The molecule has 1 atom stereocenters. The van der Waals surface area contributed by atoms with Gasteiger partial charge >= 0.3 is 0 Å². The van der Waals surface area contributed by atoms with Crippen LogP contribution in [0.25, 0.3) is 5.57 Å². The van der Waals surface area contributed by atoms with Gasteiger partial charge in [-0.25, -0.2) is 17.5 Å². The maximum atomic E-state index is 15.4. The molecule has 210 valence electrons. The van der Waals surface area contributed by atoms with Crippen molar-refractivity contribution < 1.29 is 27.1 Å². The van der Waals surface area contributed by atoms with Crippen molar-refractivity contribution in [2.45, 2.75) is 88.5 Å². The molecule has 2 aliphatic carbocycles. The molecule has 2 N–H and O–H groups in total. The van der Waals surface area contributed by atoms with Gasteiger partial charge in [0, 0.05) is 29.8 Å². The van der Waals surface area contributed by atoms with Gasteiger partial charge < -0.3 is 10.1 Å². The van der Waals surface area contributed by atoms with Crippen LogP contribution in [0.1, 0.15) is 88.9 Å². The van der Waals surface area contributed by atoms with Crippen molar-refractivity contribution in [1.29, 1.82) is 0 Å². The summed E-state index contributed by atoms with van der Waals surface area (Å²) in [5, 5.41) is 6.74. The summed E-state index contributed by atoms with van der Waals surface area (Å²) < 4.78 is 50.0. The van der Waals surface area contributed by atoms with Crippen LogP contribution in [0.4, 0.5) is 4.39 Å². The van der Waals surface area contributed by atoms with Crippen LogP contribution in [0, 0.1) is 5.82 Å². The Kier molecular flexibility index (Phi) is 7.54. The fourth-order valence-electron chi connectivity index (χ4n) is 4.99. The number of sulfonamides is 1. The van der Waals surface area contributed by atoms with Crippen LogP contribution in [-0.2, 0) is 25.2 Å². The zero-order valence-electron chi connectivity index (χ0n) is 22.3. The van der Waals surface area contributed by atoms with Gasteiger partial charge in [-0.15, -0.1) is 0 Å². The molecule has 9 nitrogen and oxygen atoms in total. The quantitative estimate of drug-likeness (QED) is 0.299. The Morgan fingerprint density at radius 3 is 2.64 bits per heavy atom. The van der Waals surface area contributed by atoms with E-state index in [0.29, 0.717) is 30.9 Å². The second kappa shape index (κ2) is 10.7. The number of nitrogens with one attached hydrogen (secondary N) is 2. The lowest BCUT2D eigenvalue weighted by molar-refractivity contribution is -0.124. The lowest BCUT2D eigenvalue weighted by Gasteiger charge is -2.37. The van der Waals surface area contributed by atoms with Gasteiger partial charge in [0.2, 0.25) is 10.0 Å². The van der Waals surface area contributed by atoms with Crippen molar-refractivity contribution >= 4 is 27.4 Å². The third kappa shape index (κ3) is 6.03. The van der Waals surface area contributed by atoms with E-state index in [0.717, 1.165) is 38.5 Å². The number of rotatable bonds is 12. The Morgan fingerprint density at radius 1 is 1.21 bits per heavy atom. The molecule has 5 rings (SSSR count). The molecule has 2 heterocycles. The van der Waals surface area contributed by atoms with Crippen LogP contribution in [0.15, 0.2) is 36.0 Å². The predicted octanol–water partition coefficient (Wildman–Crippen LogP) is 4.11. The number of aromatic nitrogens is 2. The van der Waals surface area contributed by atoms with Gasteiger partial charge in [-0.05, 0) is 51.2 Å². The predicted molar refractivity (Wildman–Crippen MR) is 144 cm³/mol. The number of unbranched alkanes of at least 4 members (excludes halogenated alkanes) is 3. The van der Waals surface area contributed by atoms with Gasteiger partial charge in [-0.2, -0.15) is 5.10 Å². The van der Waals surface area contributed by atoms with Crippen LogP contribution in [0.2, 0.25) is 0 Å². The molecule has 1 aliphatic heterocycles. The maximum absolute atomic E-state index is 15.4. The molecule has 1 aromatic heterocycles. The summed E-state index contributed by atoms with van der Waals surface area (Å²) >= 11 is 0. The molecule has 1 unspecified atom stereocenters. The molecule has 0 radical (unpaired) electrons. The first-order valence-corrected chi connectivity index (χ1v) is 15.3. The molecule has 39 heavy (non-hydrogen) atoms. The van der Waals surface area contributed by atoms with E-state index in [1.54, 1.807) is 36.0 Å². The zero-order valence-corrected chi connectivity index (χ0v) is 23.2. The fraction of sp³-hybridized carbons (Fsp3) is 0.536. The normalized spacial score (nSPS) is 21.6. The number of carbonyl (C=O) groups is 2. The number of hydrogen-bond acceptors (Lipinski definition) is 6. The number of benzene rings is 1. The first-order chi connectivity index (χ1) is 18.6. The highest BCUT2D eigenvalue weighted by Crippen LogP contribution is 2.41. The average molecular weight is 559 g/mol. The smallest absolute Gasteiger partial charge is 0.270 e. The zero-order chi connectivity index (χ0) is 27.8. The summed E-state index contributed by atoms with van der Waals surface area (Å²) in [6.07, 6.45) is 8.92. The topological polar surface area (TPSA) is 119 Å². The minimum Gasteiger partial charge on any atom is -0.493 e. The minimum absolute atomic E-state index is 0.0425. The van der Waals surface area contributed by atoms with Gasteiger partial charge in [0.15, 0.2) is 0 Å². The highest BCUT2D eigenvalue weighted by atomic mass is 32.2. The Labute approximate surface area is 228 Å². The summed E-state index contributed by atoms with van der Waals surface area (Å²) in [6.45, 7) is 4.30. The molecule has 2 fully saturated rings. The maximum Gasteiger partial charge on any atom is 0.270 e. The second-order valence-electron chi connectivity index (χ2n) is 11.0. The number of carbonyl (C=O) groups excluding carboxylic acids is 2. The average Bonchev–Trinajstić information content (AvgIpc) is 3.81. The Bertz CT molecular complexity index is 1410. The third-order valence-electron chi connectivity index (χ3n) is 7.51. The highest BCUT2D eigenvalue weighted by molar-refractivity contribution is 7.91. The molecule has 0 saturated heterocycles. The van der Waals surface area contributed by atoms with E-state index in [1.807, 2.05) is 0 Å². The van der Waals surface area contributed by atoms with E-state index < -0.39 is 38.4 Å². The van der Waals surface area contributed by atoms with Crippen LogP contribution in [0.3, 0.4) is 0 Å². The van der Waals surface area contributed by atoms with Crippen LogP contribution >= 0.6 is 0 Å². The van der Waals surface area contributed by atoms with Gasteiger partial charge in [-0.3, -0.25) is 14.3 Å². The number of halogens is 1. The molecule has 2 saturated carbocycles. The third-order valence-corrected chi connectivity index (χ3v) is 9.33. The van der Waals surface area contributed by atoms with Crippen molar-refractivity contribution in [2.75, 3.05) is 6.61 Å². The molecule has 1 aromatic carbocycles. The number of amides is 2. The lowest BCUT2D eigenvalue weighted by atomic mass is 9.79. The van der Waals surface area contributed by atoms with E-state index in [1.165, 1.54) is 6.07 Å². The SMILES string of the molecule is CCCCCCOc1ccc(C2(C)CC(c3ccn(C4CC4)n3)=C(C(=O)NS(=O)(=O)C3CC3)C(=O)N2)c(F)c1. The van der Waals surface area contributed by atoms with E-state index in [4.69, 9.17) is 4.74 Å². The fourth-order valence-corrected chi connectivity index (χ4v) is 6.28. The Balaban J connectivity index is 1.44. The summed E-state index contributed by atoms with van der Waals surface area (Å²) in [5.41, 5.74) is -0.619. The summed E-state index contributed by atoms with van der Waals surface area (Å²) in [6, 6.07) is 6.54. The van der Waals surface area contributed by atoms with Crippen molar-refractivity contribution in [1.82, 2.24) is 19.8 Å². The van der Waals surface area contributed by atoms with Gasteiger partial charge in [0.1, 0.15) is 17.1 Å². The van der Waals surface area contributed by atoms with E-state index in [9.17, 15) is 18.0 Å². The van der Waals surface area contributed by atoms with Crippen molar-refractivity contribution in [3.8, 4) is 5.75 Å². The van der Waals surface area contributed by atoms with Crippen molar-refractivity contribution in [2.24, 2.45) is 0 Å². The molecule has 11 heteroatoms. The first-order valence-electron chi connectivity index (χ1n) is 13.7.